The lowest BCUT2D eigenvalue weighted by molar-refractivity contribution is -0.143. The van der Waals surface area contributed by atoms with Gasteiger partial charge in [-0.2, -0.15) is 0 Å². The van der Waals surface area contributed by atoms with Gasteiger partial charge < -0.3 is 4.74 Å². The van der Waals surface area contributed by atoms with Gasteiger partial charge in [-0.15, -0.1) is 5.73 Å². The van der Waals surface area contributed by atoms with Crippen LogP contribution in [-0.4, -0.2) is 12.6 Å². The number of hydrogen-bond acceptors (Lipinski definition) is 2. The van der Waals surface area contributed by atoms with Gasteiger partial charge in [0.05, 0.1) is 6.61 Å². The molecule has 0 radical (unpaired) electrons. The lowest BCUT2D eigenvalue weighted by atomic mass is 10.2. The first-order valence-corrected chi connectivity index (χ1v) is 9.32. The van der Waals surface area contributed by atoms with Gasteiger partial charge in [0.25, 0.3) is 0 Å². The third kappa shape index (κ3) is 18.3. The summed E-state index contributed by atoms with van der Waals surface area (Å²) in [5.41, 5.74) is 3.16. The summed E-state index contributed by atoms with van der Waals surface area (Å²) in [6.45, 7) is 4.53. The van der Waals surface area contributed by atoms with Gasteiger partial charge in [0.2, 0.25) is 0 Å². The van der Waals surface area contributed by atoms with Crippen LogP contribution in [0.3, 0.4) is 0 Å². The zero-order valence-corrected chi connectivity index (χ0v) is 15.5. The first-order valence-electron chi connectivity index (χ1n) is 9.32. The third-order valence-electron chi connectivity index (χ3n) is 3.34. The summed E-state index contributed by atoms with van der Waals surface area (Å²) in [6, 6.07) is 0. The molecule has 0 rings (SSSR count). The molecule has 0 aliphatic heterocycles. The van der Waals surface area contributed by atoms with Crippen LogP contribution in [-0.2, 0) is 9.53 Å². The van der Waals surface area contributed by atoms with Crippen molar-refractivity contribution in [2.24, 2.45) is 0 Å². The van der Waals surface area contributed by atoms with E-state index in [-0.39, 0.29) is 5.97 Å². The molecular weight excluding hydrogens is 296 g/mol. The third-order valence-corrected chi connectivity index (χ3v) is 3.34. The van der Waals surface area contributed by atoms with Gasteiger partial charge >= 0.3 is 5.97 Å². The van der Waals surface area contributed by atoms with E-state index in [0.717, 1.165) is 25.7 Å². The molecule has 2 nitrogen and oxygen atoms in total. The first kappa shape index (κ1) is 22.2. The molecule has 0 atom stereocenters. The highest BCUT2D eigenvalue weighted by molar-refractivity contribution is 5.69. The summed E-state index contributed by atoms with van der Waals surface area (Å²) >= 11 is 0. The number of esters is 1. The molecule has 0 amide bonds. The minimum atomic E-state index is -0.0986. The molecule has 0 heterocycles. The summed E-state index contributed by atoms with van der Waals surface area (Å²) < 4.78 is 4.88. The number of rotatable bonds is 14. The Morgan fingerprint density at radius 3 is 2.42 bits per heavy atom. The molecular formula is C22H34O2. The van der Waals surface area contributed by atoms with Crippen LogP contribution < -0.4 is 0 Å². The Kier molecular flexibility index (Phi) is 17.8. The summed E-state index contributed by atoms with van der Waals surface area (Å²) in [6.07, 6.45) is 26.1. The van der Waals surface area contributed by atoms with Crippen LogP contribution in [0.4, 0.5) is 0 Å². The number of ether oxygens (including phenoxy) is 1. The molecule has 24 heavy (non-hydrogen) atoms. The molecule has 0 aromatic carbocycles. The molecule has 0 saturated heterocycles. The van der Waals surface area contributed by atoms with E-state index in [1.54, 1.807) is 0 Å². The predicted molar refractivity (Wildman–Crippen MR) is 104 cm³/mol. The van der Waals surface area contributed by atoms with Crippen molar-refractivity contribution in [2.75, 3.05) is 6.61 Å². The zero-order valence-electron chi connectivity index (χ0n) is 15.5. The Balaban J connectivity index is 3.57. The lowest BCUT2D eigenvalue weighted by Crippen LogP contribution is -2.02. The number of carbonyl (C=O) groups is 1. The maximum absolute atomic E-state index is 11.1. The second-order valence-electron chi connectivity index (χ2n) is 5.57. The molecule has 134 valence electrons. The van der Waals surface area contributed by atoms with Gasteiger partial charge in [-0.3, -0.25) is 4.79 Å². The molecule has 2 heteroatoms. The van der Waals surface area contributed by atoms with Crippen molar-refractivity contribution in [1.29, 1.82) is 0 Å². The molecule has 0 aliphatic rings. The van der Waals surface area contributed by atoms with Crippen LogP contribution >= 0.6 is 0 Å². The number of hydrogen-bond donors (Lipinski definition) is 0. The van der Waals surface area contributed by atoms with E-state index in [4.69, 9.17) is 4.74 Å². The second-order valence-corrected chi connectivity index (χ2v) is 5.57. The highest BCUT2D eigenvalue weighted by atomic mass is 16.5. The maximum atomic E-state index is 11.1. The van der Waals surface area contributed by atoms with Crippen molar-refractivity contribution in [2.45, 2.75) is 71.6 Å². The first-order chi connectivity index (χ1) is 11.8. The normalized spacial score (nSPS) is 11.2. The summed E-state index contributed by atoms with van der Waals surface area (Å²) in [5.74, 6) is -0.0986. The van der Waals surface area contributed by atoms with E-state index in [9.17, 15) is 4.79 Å². The van der Waals surface area contributed by atoms with Crippen LogP contribution in [0.2, 0.25) is 0 Å². The van der Waals surface area contributed by atoms with E-state index in [1.165, 1.54) is 25.7 Å². The van der Waals surface area contributed by atoms with Crippen molar-refractivity contribution >= 4 is 5.97 Å². The zero-order chi connectivity index (χ0) is 17.7. The fraction of sp³-hybridized carbons (Fsp3) is 0.545. The Hall–Kier alpha value is -1.79. The van der Waals surface area contributed by atoms with Crippen LogP contribution in [0.15, 0.2) is 54.3 Å². The van der Waals surface area contributed by atoms with Gasteiger partial charge in [-0.25, -0.2) is 0 Å². The standard InChI is InChI=1S/C22H34O2/c1-3-5-6-7-8-9-10-11-12-13-14-15-16-17-18-19-20-21-22(23)24-4-2/h8-9,11,13-15,17-18H,3-7,10,16,19-21H2,1-2H3/b9-8+,15-14+,18-17+. The van der Waals surface area contributed by atoms with Crippen molar-refractivity contribution in [1.82, 2.24) is 0 Å². The summed E-state index contributed by atoms with van der Waals surface area (Å²) in [7, 11) is 0. The van der Waals surface area contributed by atoms with Crippen LogP contribution in [0.1, 0.15) is 71.6 Å². The lowest BCUT2D eigenvalue weighted by Gasteiger charge is -1.98. The van der Waals surface area contributed by atoms with E-state index >= 15 is 0 Å². The fourth-order valence-corrected chi connectivity index (χ4v) is 2.02. The molecule has 0 unspecified atom stereocenters. The molecule has 0 aromatic heterocycles. The van der Waals surface area contributed by atoms with Crippen LogP contribution in [0.25, 0.3) is 0 Å². The Morgan fingerprint density at radius 1 is 0.917 bits per heavy atom. The van der Waals surface area contributed by atoms with Crippen LogP contribution in [0.5, 0.6) is 0 Å². The van der Waals surface area contributed by atoms with Crippen molar-refractivity contribution < 1.29 is 9.53 Å². The molecule has 0 spiro atoms. The maximum Gasteiger partial charge on any atom is 0.305 e. The monoisotopic (exact) mass is 330 g/mol. The molecule has 0 N–H and O–H groups in total. The second kappa shape index (κ2) is 19.3. The van der Waals surface area contributed by atoms with Crippen LogP contribution in [0, 0.1) is 0 Å². The van der Waals surface area contributed by atoms with Crippen molar-refractivity contribution in [3.63, 3.8) is 0 Å². The average Bonchev–Trinajstić information content (AvgIpc) is 2.58. The smallest absolute Gasteiger partial charge is 0.305 e. The fourth-order valence-electron chi connectivity index (χ4n) is 2.02. The SMILES string of the molecule is CCCCC/C=C/CC=C=C/C=C/C/C=C/CCCC(=O)OCC. The Labute approximate surface area is 148 Å². The van der Waals surface area contributed by atoms with E-state index < -0.39 is 0 Å². The molecule has 0 aliphatic carbocycles. The number of allylic oxidation sites excluding steroid dienone is 7. The van der Waals surface area contributed by atoms with Gasteiger partial charge in [0.1, 0.15) is 0 Å². The molecule has 0 fully saturated rings. The molecule has 0 aromatic rings. The van der Waals surface area contributed by atoms with E-state index in [0.29, 0.717) is 13.0 Å². The summed E-state index contributed by atoms with van der Waals surface area (Å²) in [5, 5.41) is 0. The Morgan fingerprint density at radius 2 is 1.67 bits per heavy atom. The highest BCUT2D eigenvalue weighted by Crippen LogP contribution is 2.01. The van der Waals surface area contributed by atoms with Gasteiger partial charge in [-0.05, 0) is 57.6 Å². The Bertz CT molecular complexity index is 435. The molecule has 0 saturated carbocycles. The van der Waals surface area contributed by atoms with Gasteiger partial charge in [0, 0.05) is 6.42 Å². The number of carbonyl (C=O) groups excluding carboxylic acids is 1. The number of unbranched alkanes of at least 4 members (excludes halogenated alkanes) is 4. The van der Waals surface area contributed by atoms with E-state index in [1.807, 2.05) is 25.2 Å². The summed E-state index contributed by atoms with van der Waals surface area (Å²) in [4.78, 5) is 11.1. The molecule has 0 bridgehead atoms. The van der Waals surface area contributed by atoms with Crippen molar-refractivity contribution in [3.8, 4) is 0 Å². The van der Waals surface area contributed by atoms with E-state index in [2.05, 4.69) is 43.0 Å². The highest BCUT2D eigenvalue weighted by Gasteiger charge is 1.98. The minimum Gasteiger partial charge on any atom is -0.466 e. The van der Waals surface area contributed by atoms with Gasteiger partial charge in [0.15, 0.2) is 0 Å². The topological polar surface area (TPSA) is 26.3 Å². The quantitative estimate of drug-likeness (QED) is 0.120. The largest absolute Gasteiger partial charge is 0.466 e. The predicted octanol–water partition coefficient (Wildman–Crippen LogP) is 6.46. The minimum absolute atomic E-state index is 0.0986. The average molecular weight is 331 g/mol. The van der Waals surface area contributed by atoms with Gasteiger partial charge in [-0.1, -0.05) is 56.2 Å². The van der Waals surface area contributed by atoms with Crippen molar-refractivity contribution in [3.05, 3.63) is 54.3 Å².